The highest BCUT2D eigenvalue weighted by Crippen LogP contribution is 2.39. The normalized spacial score (nSPS) is 15.0. The van der Waals surface area contributed by atoms with Crippen LogP contribution in [0.3, 0.4) is 0 Å². The Balaban J connectivity index is 1.96. The van der Waals surface area contributed by atoms with Gasteiger partial charge in [-0.15, -0.1) is 0 Å². The van der Waals surface area contributed by atoms with Gasteiger partial charge in [0.05, 0.1) is 6.04 Å². The summed E-state index contributed by atoms with van der Waals surface area (Å²) in [5.41, 5.74) is 3.71. The van der Waals surface area contributed by atoms with Crippen LogP contribution in [0.25, 0.3) is 0 Å². The van der Waals surface area contributed by atoms with Crippen molar-refractivity contribution in [2.45, 2.75) is 71.6 Å². The van der Waals surface area contributed by atoms with E-state index < -0.39 is 0 Å². The minimum Gasteiger partial charge on any atom is -0.290 e. The van der Waals surface area contributed by atoms with E-state index in [9.17, 15) is 0 Å². The van der Waals surface area contributed by atoms with Gasteiger partial charge in [-0.2, -0.15) is 5.06 Å². The summed E-state index contributed by atoms with van der Waals surface area (Å²) in [6.45, 7) is 13.6. The van der Waals surface area contributed by atoms with E-state index in [0.717, 1.165) is 6.42 Å². The van der Waals surface area contributed by atoms with Crippen molar-refractivity contribution in [1.29, 1.82) is 0 Å². The molecule has 3 aromatic carbocycles. The quantitative estimate of drug-likeness (QED) is 0.317. The molecular weight excluding hydrogens is 390 g/mol. The van der Waals surface area contributed by atoms with Crippen LogP contribution in [0.15, 0.2) is 91.0 Å². The zero-order valence-corrected chi connectivity index (χ0v) is 20.5. The van der Waals surface area contributed by atoms with Crippen LogP contribution in [-0.2, 0) is 4.84 Å². The van der Waals surface area contributed by atoms with Crippen molar-refractivity contribution in [2.75, 3.05) is 0 Å². The fraction of sp³-hybridized carbons (Fsp3) is 0.400. The van der Waals surface area contributed by atoms with Gasteiger partial charge in [0.1, 0.15) is 6.10 Å². The van der Waals surface area contributed by atoms with Crippen LogP contribution in [0.2, 0.25) is 0 Å². The van der Waals surface area contributed by atoms with Gasteiger partial charge in [-0.25, -0.2) is 0 Å². The summed E-state index contributed by atoms with van der Waals surface area (Å²) in [6.07, 6.45) is 0.885. The van der Waals surface area contributed by atoms with Gasteiger partial charge >= 0.3 is 0 Å². The summed E-state index contributed by atoms with van der Waals surface area (Å²) < 4.78 is 0. The van der Waals surface area contributed by atoms with Gasteiger partial charge in [-0.1, -0.05) is 112 Å². The Morgan fingerprint density at radius 1 is 0.656 bits per heavy atom. The zero-order chi connectivity index (χ0) is 23.1. The lowest BCUT2D eigenvalue weighted by Gasteiger charge is -2.44. The van der Waals surface area contributed by atoms with E-state index in [1.165, 1.54) is 16.7 Å². The van der Waals surface area contributed by atoms with Crippen LogP contribution in [0.5, 0.6) is 0 Å². The summed E-state index contributed by atoms with van der Waals surface area (Å²) in [7, 11) is 0. The molecule has 3 atom stereocenters. The molecule has 0 amide bonds. The highest BCUT2D eigenvalue weighted by molar-refractivity contribution is 5.23. The van der Waals surface area contributed by atoms with Crippen molar-refractivity contribution in [3.8, 4) is 0 Å². The molecule has 0 aliphatic carbocycles. The van der Waals surface area contributed by atoms with Gasteiger partial charge in [-0.05, 0) is 55.7 Å². The lowest BCUT2D eigenvalue weighted by atomic mass is 9.91. The molecule has 0 N–H and O–H groups in total. The third kappa shape index (κ3) is 6.31. The van der Waals surface area contributed by atoms with Gasteiger partial charge in [-0.3, -0.25) is 4.84 Å². The molecular formula is C30H39NO. The van der Waals surface area contributed by atoms with Crippen molar-refractivity contribution >= 4 is 0 Å². The van der Waals surface area contributed by atoms with Crippen LogP contribution < -0.4 is 0 Å². The number of hydroxylamine groups is 2. The summed E-state index contributed by atoms with van der Waals surface area (Å²) in [4.78, 5) is 7.00. The molecule has 2 heteroatoms. The van der Waals surface area contributed by atoms with Crippen molar-refractivity contribution < 1.29 is 4.84 Å². The summed E-state index contributed by atoms with van der Waals surface area (Å²) in [5.74, 6) is 0.789. The van der Waals surface area contributed by atoms with Crippen molar-refractivity contribution in [3.63, 3.8) is 0 Å². The number of nitrogens with zero attached hydrogens (tertiary/aromatic N) is 1. The average Bonchev–Trinajstić information content (AvgIpc) is 2.79. The predicted octanol–water partition coefficient (Wildman–Crippen LogP) is 8.35. The second kappa shape index (κ2) is 10.9. The molecule has 32 heavy (non-hydrogen) atoms. The lowest BCUT2D eigenvalue weighted by molar-refractivity contribution is -0.278. The number of rotatable bonds is 9. The largest absolute Gasteiger partial charge is 0.290 e. The van der Waals surface area contributed by atoms with E-state index in [1.807, 2.05) is 0 Å². The van der Waals surface area contributed by atoms with Gasteiger partial charge in [0.15, 0.2) is 0 Å². The van der Waals surface area contributed by atoms with E-state index in [1.54, 1.807) is 0 Å². The monoisotopic (exact) mass is 429 g/mol. The SMILES string of the molecule is CC(CC(ON(C(c1ccccc1)C(C)C)C(C)(C)C)c1ccccc1)c1ccccc1. The number of hydrogen-bond acceptors (Lipinski definition) is 2. The van der Waals surface area contributed by atoms with Gasteiger partial charge in [0.2, 0.25) is 0 Å². The maximum absolute atomic E-state index is 7.00. The third-order valence-electron chi connectivity index (χ3n) is 6.03. The zero-order valence-electron chi connectivity index (χ0n) is 20.5. The summed E-state index contributed by atoms with van der Waals surface area (Å²) in [6, 6.07) is 32.4. The molecule has 0 aliphatic rings. The molecule has 3 aromatic rings. The van der Waals surface area contributed by atoms with E-state index in [4.69, 9.17) is 4.84 Å². The second-order valence-electron chi connectivity index (χ2n) is 10.1. The van der Waals surface area contributed by atoms with Crippen LogP contribution in [0.1, 0.15) is 82.7 Å². The summed E-state index contributed by atoms with van der Waals surface area (Å²) >= 11 is 0. The molecule has 0 saturated carbocycles. The van der Waals surface area contributed by atoms with Gasteiger partial charge in [0, 0.05) is 5.54 Å². The molecule has 170 valence electrons. The molecule has 3 rings (SSSR count). The third-order valence-corrected chi connectivity index (χ3v) is 6.03. The van der Waals surface area contributed by atoms with Crippen LogP contribution in [0.4, 0.5) is 0 Å². The van der Waals surface area contributed by atoms with Gasteiger partial charge in [0.25, 0.3) is 0 Å². The minimum absolute atomic E-state index is 0.0319. The Hall–Kier alpha value is -2.42. The molecule has 0 saturated heterocycles. The highest BCUT2D eigenvalue weighted by Gasteiger charge is 2.36. The second-order valence-corrected chi connectivity index (χ2v) is 10.1. The average molecular weight is 430 g/mol. The maximum atomic E-state index is 7.00. The predicted molar refractivity (Wildman–Crippen MR) is 135 cm³/mol. The molecule has 0 fully saturated rings. The van der Waals surface area contributed by atoms with Crippen LogP contribution >= 0.6 is 0 Å². The molecule has 0 aromatic heterocycles. The molecule has 2 nitrogen and oxygen atoms in total. The maximum Gasteiger partial charge on any atom is 0.105 e. The van der Waals surface area contributed by atoms with Crippen molar-refractivity contribution in [1.82, 2.24) is 5.06 Å². The number of benzene rings is 3. The Labute approximate surface area is 195 Å². The lowest BCUT2D eigenvalue weighted by Crippen LogP contribution is -2.46. The Morgan fingerprint density at radius 2 is 1.09 bits per heavy atom. The van der Waals surface area contributed by atoms with E-state index in [2.05, 4.69) is 138 Å². The smallest absolute Gasteiger partial charge is 0.105 e. The fourth-order valence-electron chi connectivity index (χ4n) is 4.37. The molecule has 3 unspecified atom stereocenters. The van der Waals surface area contributed by atoms with Crippen LogP contribution in [0, 0.1) is 5.92 Å². The Kier molecular flexibility index (Phi) is 8.28. The first-order chi connectivity index (χ1) is 15.3. The van der Waals surface area contributed by atoms with E-state index >= 15 is 0 Å². The fourth-order valence-corrected chi connectivity index (χ4v) is 4.37. The molecule has 0 bridgehead atoms. The highest BCUT2D eigenvalue weighted by atomic mass is 16.7. The topological polar surface area (TPSA) is 12.5 Å². The molecule has 0 heterocycles. The van der Waals surface area contributed by atoms with Gasteiger partial charge < -0.3 is 0 Å². The molecule has 0 radical (unpaired) electrons. The van der Waals surface area contributed by atoms with E-state index in [-0.39, 0.29) is 17.7 Å². The summed E-state index contributed by atoms with van der Waals surface area (Å²) in [5, 5.41) is 2.25. The molecule has 0 spiro atoms. The Bertz CT molecular complexity index is 915. The first-order valence-electron chi connectivity index (χ1n) is 11.9. The van der Waals surface area contributed by atoms with E-state index in [0.29, 0.717) is 11.8 Å². The minimum atomic E-state index is -0.159. The first kappa shape index (κ1) is 24.2. The van der Waals surface area contributed by atoms with Crippen molar-refractivity contribution in [3.05, 3.63) is 108 Å². The van der Waals surface area contributed by atoms with Crippen molar-refractivity contribution in [2.24, 2.45) is 5.92 Å². The number of hydrogen-bond donors (Lipinski definition) is 0. The van der Waals surface area contributed by atoms with Crippen LogP contribution in [-0.4, -0.2) is 10.6 Å². The Morgan fingerprint density at radius 3 is 1.53 bits per heavy atom. The molecule has 0 aliphatic heterocycles. The first-order valence-corrected chi connectivity index (χ1v) is 11.9. The standard InChI is InChI=1S/C30H39NO/c1-23(2)29(27-20-14-9-15-21-27)31(30(4,5)6)32-28(26-18-12-8-13-19-26)22-24(3)25-16-10-7-11-17-25/h7-21,23-24,28-29H,22H2,1-6H3.